The number of unbranched alkanes of at least 4 members (excludes halogenated alkanes) is 1. The Hall–Kier alpha value is -0.920. The lowest BCUT2D eigenvalue weighted by molar-refractivity contribution is -0.121. The zero-order valence-corrected chi connectivity index (χ0v) is 29.7. The lowest BCUT2D eigenvalue weighted by Gasteiger charge is -2.09. The third-order valence-electron chi connectivity index (χ3n) is 6.22. The molecule has 276 valence electrons. The van der Waals surface area contributed by atoms with Crippen LogP contribution in [-0.2, 0) is 52.2 Å². The molecular weight excluding hydrogens is 656 g/mol. The predicted octanol–water partition coefficient (Wildman–Crippen LogP) is 3.29. The summed E-state index contributed by atoms with van der Waals surface area (Å²) < 4.78 is 54.3. The number of carbonyl (C=O) groups is 1. The van der Waals surface area contributed by atoms with Crippen molar-refractivity contribution in [2.45, 2.75) is 37.4 Å². The Morgan fingerprint density at radius 3 is 1.40 bits per heavy atom. The molecule has 1 N–H and O–H groups in total. The molecule has 1 amide bonds. The van der Waals surface area contributed by atoms with Crippen LogP contribution in [0.4, 0.5) is 0 Å². The number of amides is 1. The average molecular weight is 715 g/mol. The summed E-state index contributed by atoms with van der Waals surface area (Å²) in [5.74, 6) is 1.37. The molecular formula is C30H58N4O11S2. The lowest BCUT2D eigenvalue weighted by Crippen LogP contribution is -2.27. The van der Waals surface area contributed by atoms with Gasteiger partial charge in [-0.15, -0.1) is 0 Å². The molecule has 17 heteroatoms. The summed E-state index contributed by atoms with van der Waals surface area (Å²) in [5, 5.41) is 7.07. The Balaban J connectivity index is 1.62. The number of rotatable bonds is 38. The molecule has 0 aromatic rings. The molecule has 0 bridgehead atoms. The van der Waals surface area contributed by atoms with Crippen molar-refractivity contribution in [3.05, 3.63) is 10.4 Å². The molecule has 0 aromatic heterocycles. The van der Waals surface area contributed by atoms with E-state index in [4.69, 9.17) is 52.9 Å². The van der Waals surface area contributed by atoms with Crippen LogP contribution in [0.5, 0.6) is 0 Å². The molecule has 0 aliphatic carbocycles. The average Bonchev–Trinajstić information content (AvgIpc) is 3.60. The van der Waals surface area contributed by atoms with Gasteiger partial charge in [0.25, 0.3) is 0 Å². The molecule has 1 aliphatic heterocycles. The first-order chi connectivity index (χ1) is 23.3. The topological polar surface area (TPSA) is 170 Å². The van der Waals surface area contributed by atoms with Crippen LogP contribution in [0.25, 0.3) is 10.4 Å². The number of hydrogen-bond acceptors (Lipinski definition) is 14. The van der Waals surface area contributed by atoms with E-state index in [2.05, 4.69) is 15.3 Å². The standard InChI is InChI=1S/C30H58N4O11S2/c31-34-33-7-9-37-11-13-39-15-17-41-19-21-43-23-25-45-27-26-44-24-22-42-20-18-40-16-14-38-12-10-36-8-6-32-30(35)4-2-1-3-29-5-28-46-47-29/h29H,1-28H2,(H,32,35). The van der Waals surface area contributed by atoms with E-state index in [9.17, 15) is 4.79 Å². The number of azide groups is 1. The van der Waals surface area contributed by atoms with Crippen LogP contribution in [0.2, 0.25) is 0 Å². The van der Waals surface area contributed by atoms with Crippen molar-refractivity contribution < 1.29 is 52.2 Å². The van der Waals surface area contributed by atoms with Gasteiger partial charge in [-0.25, -0.2) is 0 Å². The number of carbonyl (C=O) groups excluding carboxylic acids is 1. The number of ether oxygens (including phenoxy) is 10. The van der Waals surface area contributed by atoms with Crippen LogP contribution in [0, 0.1) is 0 Å². The van der Waals surface area contributed by atoms with Crippen molar-refractivity contribution in [1.82, 2.24) is 5.32 Å². The highest BCUT2D eigenvalue weighted by Crippen LogP contribution is 2.39. The fraction of sp³-hybridized carbons (Fsp3) is 0.967. The summed E-state index contributed by atoms with van der Waals surface area (Å²) in [6.07, 6.45) is 5.21. The Kier molecular flexibility index (Phi) is 35.6. The maximum Gasteiger partial charge on any atom is 0.220 e. The fourth-order valence-corrected chi connectivity index (χ4v) is 6.83. The molecule has 1 heterocycles. The highest BCUT2D eigenvalue weighted by Gasteiger charge is 2.15. The minimum Gasteiger partial charge on any atom is -0.379 e. The van der Waals surface area contributed by atoms with Crippen LogP contribution < -0.4 is 5.32 Å². The molecule has 1 atom stereocenters. The normalized spacial score (nSPS) is 14.4. The van der Waals surface area contributed by atoms with Gasteiger partial charge in [-0.05, 0) is 24.8 Å². The minimum absolute atomic E-state index is 0.106. The summed E-state index contributed by atoms with van der Waals surface area (Å²) in [4.78, 5) is 14.5. The summed E-state index contributed by atoms with van der Waals surface area (Å²) in [6, 6.07) is 0. The second kappa shape index (κ2) is 37.9. The van der Waals surface area contributed by atoms with Crippen LogP contribution in [0.1, 0.15) is 32.1 Å². The monoisotopic (exact) mass is 714 g/mol. The van der Waals surface area contributed by atoms with E-state index >= 15 is 0 Å². The van der Waals surface area contributed by atoms with Crippen molar-refractivity contribution in [3.8, 4) is 0 Å². The summed E-state index contributed by atoms with van der Waals surface area (Å²) >= 11 is 0. The van der Waals surface area contributed by atoms with E-state index in [1.807, 2.05) is 21.6 Å². The molecule has 1 unspecified atom stereocenters. The summed E-state index contributed by atoms with van der Waals surface area (Å²) in [6.45, 7) is 10.6. The zero-order chi connectivity index (χ0) is 33.6. The smallest absolute Gasteiger partial charge is 0.220 e. The van der Waals surface area contributed by atoms with E-state index < -0.39 is 0 Å². The summed E-state index contributed by atoms with van der Waals surface area (Å²) in [5.41, 5.74) is 8.14. The second-order valence-corrected chi connectivity index (χ2v) is 12.8. The van der Waals surface area contributed by atoms with Crippen LogP contribution >= 0.6 is 21.6 Å². The quantitative estimate of drug-likeness (QED) is 0.0325. The molecule has 1 fully saturated rings. The third-order valence-corrected chi connectivity index (χ3v) is 9.23. The SMILES string of the molecule is [N-]=[N+]=NCCOCCOCCOCCOCCOCCOCCOCCOCCOCCOCCNC(=O)CCCCC1CCSS1. The van der Waals surface area contributed by atoms with Gasteiger partial charge in [0.1, 0.15) is 0 Å². The van der Waals surface area contributed by atoms with Crippen molar-refractivity contribution in [2.24, 2.45) is 5.11 Å². The highest BCUT2D eigenvalue weighted by atomic mass is 33.1. The van der Waals surface area contributed by atoms with Gasteiger partial charge in [-0.3, -0.25) is 4.79 Å². The minimum atomic E-state index is 0.106. The van der Waals surface area contributed by atoms with E-state index in [0.717, 1.165) is 18.1 Å². The third kappa shape index (κ3) is 34.7. The van der Waals surface area contributed by atoms with Gasteiger partial charge < -0.3 is 52.7 Å². The van der Waals surface area contributed by atoms with Gasteiger partial charge in [0.05, 0.1) is 132 Å². The molecule has 1 aliphatic rings. The maximum atomic E-state index is 11.9. The van der Waals surface area contributed by atoms with E-state index in [1.54, 1.807) is 0 Å². The number of nitrogens with zero attached hydrogens (tertiary/aromatic N) is 3. The first-order valence-electron chi connectivity index (χ1n) is 16.7. The first-order valence-corrected chi connectivity index (χ1v) is 19.0. The zero-order valence-electron chi connectivity index (χ0n) is 28.0. The molecule has 15 nitrogen and oxygen atoms in total. The molecule has 0 spiro atoms. The van der Waals surface area contributed by atoms with Crippen molar-refractivity contribution in [3.63, 3.8) is 0 Å². The van der Waals surface area contributed by atoms with E-state index in [1.165, 1.54) is 18.6 Å². The molecule has 0 radical (unpaired) electrons. The molecule has 0 aromatic carbocycles. The number of hydrogen-bond donors (Lipinski definition) is 1. The van der Waals surface area contributed by atoms with Crippen molar-refractivity contribution in [1.29, 1.82) is 0 Å². The highest BCUT2D eigenvalue weighted by molar-refractivity contribution is 8.77. The van der Waals surface area contributed by atoms with Gasteiger partial charge in [0, 0.05) is 35.4 Å². The molecule has 47 heavy (non-hydrogen) atoms. The van der Waals surface area contributed by atoms with Crippen molar-refractivity contribution in [2.75, 3.05) is 151 Å². The Labute approximate surface area is 288 Å². The first kappa shape index (κ1) is 44.1. The van der Waals surface area contributed by atoms with E-state index in [0.29, 0.717) is 152 Å². The molecule has 1 saturated heterocycles. The molecule has 1 rings (SSSR count). The number of nitrogens with one attached hydrogen (secondary N) is 1. The lowest BCUT2D eigenvalue weighted by atomic mass is 10.1. The van der Waals surface area contributed by atoms with Gasteiger partial charge >= 0.3 is 0 Å². The van der Waals surface area contributed by atoms with Crippen molar-refractivity contribution >= 4 is 27.5 Å². The Morgan fingerprint density at radius 2 is 1.02 bits per heavy atom. The van der Waals surface area contributed by atoms with Crippen LogP contribution in [-0.4, -0.2) is 162 Å². The summed E-state index contributed by atoms with van der Waals surface area (Å²) in [7, 11) is 3.97. The largest absolute Gasteiger partial charge is 0.379 e. The van der Waals surface area contributed by atoms with Gasteiger partial charge in [-0.1, -0.05) is 33.1 Å². The van der Waals surface area contributed by atoms with Gasteiger partial charge in [-0.2, -0.15) is 0 Å². The van der Waals surface area contributed by atoms with Crippen LogP contribution in [0.15, 0.2) is 5.11 Å². The van der Waals surface area contributed by atoms with Gasteiger partial charge in [0.2, 0.25) is 5.91 Å². The van der Waals surface area contributed by atoms with Crippen LogP contribution in [0.3, 0.4) is 0 Å². The Bertz CT molecular complexity index is 725. The predicted molar refractivity (Wildman–Crippen MR) is 182 cm³/mol. The Morgan fingerprint density at radius 1 is 0.617 bits per heavy atom. The second-order valence-electron chi connectivity index (χ2n) is 10.0. The maximum absolute atomic E-state index is 11.9. The molecule has 0 saturated carbocycles. The van der Waals surface area contributed by atoms with E-state index in [-0.39, 0.29) is 5.91 Å². The fourth-order valence-electron chi connectivity index (χ4n) is 3.80. The van der Waals surface area contributed by atoms with Gasteiger partial charge in [0.15, 0.2) is 0 Å².